The Bertz CT molecular complexity index is 658. The van der Waals surface area contributed by atoms with E-state index in [0.29, 0.717) is 4.91 Å². The summed E-state index contributed by atoms with van der Waals surface area (Å²) in [6.07, 6.45) is 4.17. The van der Waals surface area contributed by atoms with Gasteiger partial charge in [0.05, 0.1) is 4.91 Å². The number of hydrogen-bond acceptors (Lipinski definition) is 4. The van der Waals surface area contributed by atoms with E-state index in [1.807, 2.05) is 30.3 Å². The van der Waals surface area contributed by atoms with E-state index < -0.39 is 0 Å². The predicted octanol–water partition coefficient (Wildman–Crippen LogP) is 2.71. The highest BCUT2D eigenvalue weighted by Gasteiger charge is 2.27. The summed E-state index contributed by atoms with van der Waals surface area (Å²) in [4.78, 5) is 30.0. The molecule has 0 aromatic heterocycles. The molecule has 1 saturated heterocycles. The van der Waals surface area contributed by atoms with Gasteiger partial charge in [-0.15, -0.1) is 0 Å². The minimum absolute atomic E-state index is 0.101. The van der Waals surface area contributed by atoms with Crippen LogP contribution < -0.4 is 5.32 Å². The highest BCUT2D eigenvalue weighted by atomic mass is 32.2. The first kappa shape index (κ1) is 14.8. The van der Waals surface area contributed by atoms with Gasteiger partial charge in [0.1, 0.15) is 0 Å². The second-order valence-corrected chi connectivity index (χ2v) is 6.32. The third-order valence-electron chi connectivity index (χ3n) is 3.51. The lowest BCUT2D eigenvalue weighted by molar-refractivity contribution is -0.114. The van der Waals surface area contributed by atoms with Gasteiger partial charge in [0.15, 0.2) is 5.17 Å². The lowest BCUT2D eigenvalue weighted by Crippen LogP contribution is -2.23. The Kier molecular flexibility index (Phi) is 4.29. The molecular formula is C16H17N3O2S. The van der Waals surface area contributed by atoms with Gasteiger partial charge in [0, 0.05) is 25.7 Å². The largest absolute Gasteiger partial charge is 0.351 e. The SMILES string of the molecule is CC(=O)Nc1ccc(C=C2SC(N3CCCC3)=NC2=O)cc1. The maximum atomic E-state index is 12.0. The molecule has 0 aliphatic carbocycles. The van der Waals surface area contributed by atoms with Crippen molar-refractivity contribution in [3.63, 3.8) is 0 Å². The zero-order valence-electron chi connectivity index (χ0n) is 12.3. The Hall–Kier alpha value is -2.08. The van der Waals surface area contributed by atoms with Crippen molar-refractivity contribution in [1.29, 1.82) is 0 Å². The van der Waals surface area contributed by atoms with Gasteiger partial charge in [-0.1, -0.05) is 12.1 Å². The minimum atomic E-state index is -0.169. The number of likely N-dealkylation sites (tertiary alicyclic amines) is 1. The van der Waals surface area contributed by atoms with Crippen LogP contribution >= 0.6 is 11.8 Å². The molecular weight excluding hydrogens is 298 g/mol. The lowest BCUT2D eigenvalue weighted by atomic mass is 10.2. The van der Waals surface area contributed by atoms with Crippen molar-refractivity contribution in [2.24, 2.45) is 4.99 Å². The second-order valence-electron chi connectivity index (χ2n) is 5.31. The molecule has 0 radical (unpaired) electrons. The molecule has 1 fully saturated rings. The Morgan fingerprint density at radius 2 is 1.95 bits per heavy atom. The molecule has 1 aromatic rings. The van der Waals surface area contributed by atoms with Crippen LogP contribution in [0.4, 0.5) is 5.69 Å². The van der Waals surface area contributed by atoms with Crippen molar-refractivity contribution in [3.8, 4) is 0 Å². The van der Waals surface area contributed by atoms with E-state index in [-0.39, 0.29) is 11.8 Å². The van der Waals surface area contributed by atoms with Crippen LogP contribution in [0, 0.1) is 0 Å². The molecule has 0 atom stereocenters. The Balaban J connectivity index is 1.70. The van der Waals surface area contributed by atoms with E-state index in [4.69, 9.17) is 0 Å². The molecule has 1 aromatic carbocycles. The van der Waals surface area contributed by atoms with Gasteiger partial charge in [-0.2, -0.15) is 4.99 Å². The average Bonchev–Trinajstić information content (AvgIpc) is 3.11. The van der Waals surface area contributed by atoms with Crippen molar-refractivity contribution in [3.05, 3.63) is 34.7 Å². The molecule has 1 N–H and O–H groups in total. The second kappa shape index (κ2) is 6.36. The smallest absolute Gasteiger partial charge is 0.286 e. The molecule has 2 aliphatic rings. The third kappa shape index (κ3) is 3.39. The number of thioether (sulfide) groups is 1. The van der Waals surface area contributed by atoms with Gasteiger partial charge in [0.25, 0.3) is 5.91 Å². The van der Waals surface area contributed by atoms with Crippen molar-refractivity contribution in [1.82, 2.24) is 4.90 Å². The first-order valence-corrected chi connectivity index (χ1v) is 8.08. The molecule has 114 valence electrons. The van der Waals surface area contributed by atoms with Crippen molar-refractivity contribution in [2.75, 3.05) is 18.4 Å². The molecule has 22 heavy (non-hydrogen) atoms. The molecule has 0 saturated carbocycles. The number of nitrogens with one attached hydrogen (secondary N) is 1. The van der Waals surface area contributed by atoms with E-state index >= 15 is 0 Å². The Labute approximate surface area is 133 Å². The summed E-state index contributed by atoms with van der Waals surface area (Å²) in [7, 11) is 0. The summed E-state index contributed by atoms with van der Waals surface area (Å²) < 4.78 is 0. The third-order valence-corrected chi connectivity index (χ3v) is 4.56. The summed E-state index contributed by atoms with van der Waals surface area (Å²) in [6.45, 7) is 3.44. The van der Waals surface area contributed by atoms with E-state index in [0.717, 1.165) is 42.3 Å². The fourth-order valence-electron chi connectivity index (χ4n) is 2.46. The van der Waals surface area contributed by atoms with Gasteiger partial charge in [-0.3, -0.25) is 9.59 Å². The summed E-state index contributed by atoms with van der Waals surface area (Å²) in [5.74, 6) is -0.269. The zero-order valence-corrected chi connectivity index (χ0v) is 13.2. The number of carbonyl (C=O) groups excluding carboxylic acids is 2. The Morgan fingerprint density at radius 1 is 1.27 bits per heavy atom. The molecule has 0 spiro atoms. The van der Waals surface area contributed by atoms with Gasteiger partial charge in [-0.05, 0) is 48.4 Å². The molecule has 2 aliphatic heterocycles. The normalized spacial score (nSPS) is 19.7. The van der Waals surface area contributed by atoms with Gasteiger partial charge in [0.2, 0.25) is 5.91 Å². The summed E-state index contributed by atoms with van der Waals surface area (Å²) in [5.41, 5.74) is 1.66. The Morgan fingerprint density at radius 3 is 2.59 bits per heavy atom. The maximum absolute atomic E-state index is 12.0. The topological polar surface area (TPSA) is 61.8 Å². The van der Waals surface area contributed by atoms with Crippen molar-refractivity contribution < 1.29 is 9.59 Å². The van der Waals surface area contributed by atoms with Crippen LogP contribution in [0.25, 0.3) is 6.08 Å². The monoisotopic (exact) mass is 315 g/mol. The van der Waals surface area contributed by atoms with Crippen LogP contribution in [0.5, 0.6) is 0 Å². The van der Waals surface area contributed by atoms with Crippen molar-refractivity contribution >= 4 is 40.5 Å². The number of nitrogens with zero attached hydrogens (tertiary/aromatic N) is 2. The number of anilines is 1. The van der Waals surface area contributed by atoms with Gasteiger partial charge in [-0.25, -0.2) is 0 Å². The molecule has 2 amide bonds. The quantitative estimate of drug-likeness (QED) is 0.852. The average molecular weight is 315 g/mol. The van der Waals surface area contributed by atoms with E-state index in [1.54, 1.807) is 0 Å². The lowest BCUT2D eigenvalue weighted by Gasteiger charge is -2.14. The molecule has 5 nitrogen and oxygen atoms in total. The van der Waals surface area contributed by atoms with Crippen LogP contribution in [0.3, 0.4) is 0 Å². The fraction of sp³-hybridized carbons (Fsp3) is 0.312. The molecule has 0 bridgehead atoms. The number of hydrogen-bond donors (Lipinski definition) is 1. The number of amidine groups is 1. The summed E-state index contributed by atoms with van der Waals surface area (Å²) in [6, 6.07) is 7.39. The number of rotatable bonds is 2. The van der Waals surface area contributed by atoms with E-state index in [9.17, 15) is 9.59 Å². The highest BCUT2D eigenvalue weighted by molar-refractivity contribution is 8.18. The van der Waals surface area contributed by atoms with Crippen LogP contribution in [0.15, 0.2) is 34.2 Å². The summed E-state index contributed by atoms with van der Waals surface area (Å²) >= 11 is 1.44. The standard InChI is InChI=1S/C16H17N3O2S/c1-11(20)17-13-6-4-12(5-7-13)10-14-15(21)18-16(22-14)19-8-2-3-9-19/h4-7,10H,2-3,8-9H2,1H3,(H,17,20). The molecule has 2 heterocycles. The molecule has 0 unspecified atom stereocenters. The van der Waals surface area contributed by atoms with Crippen LogP contribution in [-0.4, -0.2) is 35.0 Å². The summed E-state index contributed by atoms with van der Waals surface area (Å²) in [5, 5.41) is 3.54. The number of aliphatic imine (C=N–C) groups is 1. The van der Waals surface area contributed by atoms with Crippen molar-refractivity contribution in [2.45, 2.75) is 19.8 Å². The number of amides is 2. The number of carbonyl (C=O) groups is 2. The van der Waals surface area contributed by atoms with Gasteiger partial charge >= 0.3 is 0 Å². The van der Waals surface area contributed by atoms with Gasteiger partial charge < -0.3 is 10.2 Å². The highest BCUT2D eigenvalue weighted by Crippen LogP contribution is 2.31. The first-order chi connectivity index (χ1) is 10.6. The fourth-order valence-corrected chi connectivity index (χ4v) is 3.42. The maximum Gasteiger partial charge on any atom is 0.286 e. The predicted molar refractivity (Wildman–Crippen MR) is 89.6 cm³/mol. The van der Waals surface area contributed by atoms with E-state index in [2.05, 4.69) is 15.2 Å². The van der Waals surface area contributed by atoms with E-state index in [1.165, 1.54) is 18.7 Å². The number of benzene rings is 1. The van der Waals surface area contributed by atoms with Crippen LogP contribution in [0.1, 0.15) is 25.3 Å². The first-order valence-electron chi connectivity index (χ1n) is 7.27. The minimum Gasteiger partial charge on any atom is -0.351 e. The van der Waals surface area contributed by atoms with Crippen LogP contribution in [-0.2, 0) is 9.59 Å². The molecule has 3 rings (SSSR count). The molecule has 6 heteroatoms. The van der Waals surface area contributed by atoms with Crippen LogP contribution in [0.2, 0.25) is 0 Å². The zero-order chi connectivity index (χ0) is 15.5.